The van der Waals surface area contributed by atoms with Crippen LogP contribution in [0.25, 0.3) is 52.2 Å². The summed E-state index contributed by atoms with van der Waals surface area (Å²) < 4.78 is 122. The second kappa shape index (κ2) is 23.3. The molecule has 0 N–H and O–H groups in total. The molecule has 0 fully saturated rings. The number of benzene rings is 6. The minimum absolute atomic E-state index is 0.0913. The smallest absolute Gasteiger partial charge is 0.416 e. The summed E-state index contributed by atoms with van der Waals surface area (Å²) >= 11 is 3.69. The van der Waals surface area contributed by atoms with Gasteiger partial charge in [0.1, 0.15) is 26.4 Å². The molecule has 0 amide bonds. The number of rotatable bonds is 14. The Morgan fingerprint density at radius 2 is 0.691 bits per heavy atom. The molecule has 0 bridgehead atoms. The number of esters is 4. The summed E-state index contributed by atoms with van der Waals surface area (Å²) in [6, 6.07) is 41.0. The van der Waals surface area contributed by atoms with Gasteiger partial charge in [0.25, 0.3) is 0 Å². The van der Waals surface area contributed by atoms with Crippen LogP contribution in [0.5, 0.6) is 11.5 Å². The van der Waals surface area contributed by atoms with Crippen LogP contribution in [0.2, 0.25) is 0 Å². The molecule has 0 atom stereocenters. The highest BCUT2D eigenvalue weighted by Crippen LogP contribution is 2.65. The quantitative estimate of drug-likeness (QED) is 0.0249. The van der Waals surface area contributed by atoms with E-state index in [4.69, 9.17) is 28.4 Å². The summed E-state index contributed by atoms with van der Waals surface area (Å²) in [5.74, 6) is -10.2. The number of carbonyl (C=O) groups is 8. The molecule has 6 heterocycles. The first-order chi connectivity index (χ1) is 45.1. The summed E-state index contributed by atoms with van der Waals surface area (Å²) in [6.07, 6.45) is -7.24. The summed E-state index contributed by atoms with van der Waals surface area (Å²) in [7, 11) is 0. The lowest BCUT2D eigenvalue weighted by molar-refractivity contribution is -0.185. The van der Waals surface area contributed by atoms with E-state index in [1.54, 1.807) is 121 Å². The fourth-order valence-corrected chi connectivity index (χ4v) is 16.5. The largest absolute Gasteiger partial charge is 0.457 e. The highest BCUT2D eigenvalue weighted by molar-refractivity contribution is 7.35. The average Bonchev–Trinajstić information content (AvgIpc) is 1.51. The fraction of sp³-hybridized carbons (Fsp3) is 0.114. The second-order valence-corrected chi connectivity index (χ2v) is 25.9. The lowest BCUT2D eigenvalue weighted by Crippen LogP contribution is -2.52. The van der Waals surface area contributed by atoms with Gasteiger partial charge < -0.3 is 28.4 Å². The minimum Gasteiger partial charge on any atom is -0.457 e. The summed E-state index contributed by atoms with van der Waals surface area (Å²) in [5, 5.41) is 0. The van der Waals surface area contributed by atoms with Gasteiger partial charge in [-0.2, -0.15) is 26.3 Å². The Morgan fingerprint density at radius 1 is 0.383 bits per heavy atom. The van der Waals surface area contributed by atoms with Gasteiger partial charge in [-0.05, 0) is 81.9 Å². The first-order valence-electron chi connectivity index (χ1n) is 28.3. The summed E-state index contributed by atoms with van der Waals surface area (Å²) in [4.78, 5) is 117. The molecule has 0 saturated heterocycles. The molecule has 0 spiro atoms. The van der Waals surface area contributed by atoms with Crippen molar-refractivity contribution in [1.82, 2.24) is 0 Å². The number of hydrogen-bond acceptors (Lipinski definition) is 18. The molecule has 0 unspecified atom stereocenters. The summed E-state index contributed by atoms with van der Waals surface area (Å²) in [5.41, 5.74) is -8.34. The van der Waals surface area contributed by atoms with E-state index in [-0.39, 0.29) is 83.6 Å². The fourth-order valence-electron chi connectivity index (χ4n) is 11.3. The van der Waals surface area contributed by atoms with Crippen molar-refractivity contribution in [3.8, 4) is 31.0 Å². The van der Waals surface area contributed by atoms with E-state index in [1.165, 1.54) is 24.3 Å². The van der Waals surface area contributed by atoms with Crippen molar-refractivity contribution >= 4 is 125 Å². The number of ether oxygens (including phenoxy) is 6. The number of hydrogen-bond donors (Lipinski definition) is 0. The molecule has 2 aliphatic heterocycles. The number of Topliss-reactive ketones (excluding diaryl/α,β-unsaturated/α-hetero) is 4. The van der Waals surface area contributed by atoms with Crippen molar-refractivity contribution in [3.63, 3.8) is 0 Å². The number of ketones is 4. The Labute approximate surface area is 542 Å². The number of thiophene rings is 4. The lowest BCUT2D eigenvalue weighted by atomic mass is 9.90. The highest BCUT2D eigenvalue weighted by atomic mass is 32.1. The minimum atomic E-state index is -4.86. The Balaban J connectivity index is 0.979. The Kier molecular flexibility index (Phi) is 15.2. The van der Waals surface area contributed by atoms with Crippen LogP contribution in [0.4, 0.5) is 26.3 Å². The Bertz CT molecular complexity index is 4520. The van der Waals surface area contributed by atoms with Crippen LogP contribution in [0.15, 0.2) is 170 Å². The zero-order valence-electron chi connectivity index (χ0n) is 47.8. The van der Waals surface area contributed by atoms with Crippen molar-refractivity contribution in [2.75, 3.05) is 0 Å². The van der Waals surface area contributed by atoms with Gasteiger partial charge in [-0.15, -0.1) is 45.3 Å². The average molecular weight is 1350 g/mol. The predicted octanol–water partition coefficient (Wildman–Crippen LogP) is 15.2. The van der Waals surface area contributed by atoms with Gasteiger partial charge in [-0.25, -0.2) is 19.2 Å². The zero-order chi connectivity index (χ0) is 65.6. The predicted molar refractivity (Wildman–Crippen MR) is 333 cm³/mol. The molecule has 0 radical (unpaired) electrons. The van der Waals surface area contributed by atoms with E-state index in [1.807, 2.05) is 0 Å². The van der Waals surface area contributed by atoms with E-state index in [0.717, 1.165) is 69.6 Å². The summed E-state index contributed by atoms with van der Waals surface area (Å²) in [6.45, 7) is -1.63. The molecule has 2 aliphatic carbocycles. The molecular formula is C70H38F6O14S4. The molecule has 14 nitrogen and oxygen atoms in total. The zero-order valence-corrected chi connectivity index (χ0v) is 51.0. The first-order valence-corrected chi connectivity index (χ1v) is 31.5. The van der Waals surface area contributed by atoms with Crippen LogP contribution in [-0.2, 0) is 97.7 Å². The van der Waals surface area contributed by atoms with Gasteiger partial charge in [0, 0.05) is 43.2 Å². The van der Waals surface area contributed by atoms with Crippen LogP contribution in [0.1, 0.15) is 86.1 Å². The van der Waals surface area contributed by atoms with E-state index in [9.17, 15) is 45.5 Å². The molecule has 468 valence electrons. The number of alkyl halides is 6. The van der Waals surface area contributed by atoms with E-state index in [0.29, 0.717) is 34.4 Å². The number of carbonyl (C=O) groups excluding carboxylic acids is 8. The molecule has 0 saturated carbocycles. The lowest BCUT2D eigenvalue weighted by Gasteiger charge is -2.33. The maximum Gasteiger partial charge on any atom is 0.416 e. The number of allylic oxidation sites excluding steroid dienone is 2. The maximum absolute atomic E-state index is 15.5. The maximum atomic E-state index is 15.5. The Hall–Kier alpha value is -10.4. The van der Waals surface area contributed by atoms with E-state index in [2.05, 4.69) is 0 Å². The Morgan fingerprint density at radius 3 is 0.989 bits per heavy atom. The van der Waals surface area contributed by atoms with Crippen molar-refractivity contribution in [2.24, 2.45) is 0 Å². The van der Waals surface area contributed by atoms with Gasteiger partial charge in [0.05, 0.1) is 40.0 Å². The number of halogens is 6. The normalized spacial score (nSPS) is 15.7. The van der Waals surface area contributed by atoms with E-state index < -0.39 is 119 Å². The standard InChI is InChI=1S/C70H38F6O14S4/c71-69(72,73)39-21-23-43-45(25-39)51(77)53(79)47(43)27-41-29-49-57(91-41)59-55(89-67(49,63(81)85-31-35-13-5-1-6-14-35)64(82)86-32-36-15-7-2-8-16-36)61-62(93-59)56-60(94-61)58-50(30-42(92-58)28-48-44-24-22-40(70(74,75)76)26-46(44)52(78)54(48)80)68(90-56,65(83)87-33-37-17-9-3-10-18-37)66(84)88-34-38-19-11-4-12-20-38/h1-30H,31-34H2/b47-27-,48-28-. The SMILES string of the molecule is O=C1C(=O)c2cc(C(F)(F)F)ccc2/C1=C/c1cc2c(s1)-c1sc3c4c(sc3c1OC2(C(=O)OCc1ccccc1)C(=O)OCc1ccccc1)-c1sc(/C=C2\C(=O)C(=O)c3cc(C(F)(F)F)ccc32)cc1C(C(=O)OCc1ccccc1)(C(=O)OCc1ccccc1)O4. The molecule has 4 aromatic heterocycles. The van der Waals surface area contributed by atoms with Crippen molar-refractivity contribution in [2.45, 2.75) is 50.0 Å². The van der Waals surface area contributed by atoms with Crippen molar-refractivity contribution in [3.05, 3.63) is 246 Å². The van der Waals surface area contributed by atoms with Crippen LogP contribution >= 0.6 is 45.3 Å². The van der Waals surface area contributed by atoms with Gasteiger partial charge in [0.2, 0.25) is 23.1 Å². The third-order valence-electron chi connectivity index (χ3n) is 15.9. The monoisotopic (exact) mass is 1340 g/mol. The molecule has 14 rings (SSSR count). The third-order valence-corrected chi connectivity index (χ3v) is 20.8. The highest BCUT2D eigenvalue weighted by Gasteiger charge is 2.62. The van der Waals surface area contributed by atoms with Gasteiger partial charge >= 0.3 is 47.4 Å². The van der Waals surface area contributed by atoms with Crippen LogP contribution in [0, 0.1) is 0 Å². The number of fused-ring (bicyclic) bond motifs is 11. The molecule has 6 aromatic carbocycles. The van der Waals surface area contributed by atoms with Gasteiger partial charge in [-0.1, -0.05) is 133 Å². The van der Waals surface area contributed by atoms with Crippen LogP contribution in [0.3, 0.4) is 0 Å². The third kappa shape index (κ3) is 10.4. The molecule has 10 aromatic rings. The van der Waals surface area contributed by atoms with Gasteiger partial charge in [0.15, 0.2) is 11.5 Å². The molecule has 94 heavy (non-hydrogen) atoms. The van der Waals surface area contributed by atoms with Crippen LogP contribution in [-0.4, -0.2) is 47.0 Å². The second-order valence-electron chi connectivity index (χ2n) is 21.7. The molecule has 4 aliphatic rings. The van der Waals surface area contributed by atoms with Gasteiger partial charge in [-0.3, -0.25) is 19.2 Å². The molecule has 24 heteroatoms. The topological polar surface area (TPSA) is 192 Å². The van der Waals surface area contributed by atoms with Crippen molar-refractivity contribution in [1.29, 1.82) is 0 Å². The molecular weight excluding hydrogens is 1310 g/mol. The van der Waals surface area contributed by atoms with Crippen LogP contribution < -0.4 is 9.47 Å². The van der Waals surface area contributed by atoms with Crippen molar-refractivity contribution < 1.29 is 93.1 Å². The van der Waals surface area contributed by atoms with E-state index >= 15 is 19.2 Å². The first kappa shape index (κ1) is 61.1.